The maximum atomic E-state index is 11.9. The number of benzene rings is 1. The Bertz CT molecular complexity index is 585. The molecule has 0 aliphatic carbocycles. The highest BCUT2D eigenvalue weighted by Crippen LogP contribution is 2.13. The molecule has 1 amide bonds. The van der Waals surface area contributed by atoms with E-state index in [1.165, 1.54) is 5.56 Å². The van der Waals surface area contributed by atoms with E-state index in [9.17, 15) is 4.79 Å². The third kappa shape index (κ3) is 3.50. The van der Waals surface area contributed by atoms with E-state index in [0.717, 1.165) is 18.5 Å². The fourth-order valence-electron chi connectivity index (χ4n) is 2.02. The van der Waals surface area contributed by atoms with Crippen LogP contribution in [0.3, 0.4) is 0 Å². The molecular formula is C14H19N5O. The molecule has 0 saturated heterocycles. The van der Waals surface area contributed by atoms with Gasteiger partial charge in [0.1, 0.15) is 0 Å². The second kappa shape index (κ2) is 6.10. The van der Waals surface area contributed by atoms with E-state index in [4.69, 9.17) is 11.5 Å². The first-order chi connectivity index (χ1) is 9.56. The number of amides is 1. The van der Waals surface area contributed by atoms with Crippen molar-refractivity contribution in [2.45, 2.75) is 19.8 Å². The molecule has 0 unspecified atom stereocenters. The molecule has 6 heteroatoms. The molecule has 2 aromatic rings. The molecule has 0 bridgehead atoms. The number of nitrogens with one attached hydrogen (secondary N) is 2. The average Bonchev–Trinajstić information content (AvgIpc) is 2.79. The van der Waals surface area contributed by atoms with Crippen molar-refractivity contribution >= 4 is 17.3 Å². The maximum absolute atomic E-state index is 11.9. The van der Waals surface area contributed by atoms with E-state index in [1.54, 1.807) is 18.2 Å². The van der Waals surface area contributed by atoms with Gasteiger partial charge in [-0.3, -0.25) is 9.89 Å². The van der Waals surface area contributed by atoms with E-state index in [2.05, 4.69) is 15.5 Å². The van der Waals surface area contributed by atoms with E-state index in [1.807, 2.05) is 13.1 Å². The highest BCUT2D eigenvalue weighted by molar-refractivity contribution is 5.96. The third-order valence-corrected chi connectivity index (χ3v) is 3.08. The number of nitrogens with zero attached hydrogens (tertiary/aromatic N) is 1. The van der Waals surface area contributed by atoms with Gasteiger partial charge in [-0.15, -0.1) is 0 Å². The molecule has 0 aliphatic rings. The molecule has 0 saturated carbocycles. The lowest BCUT2D eigenvalue weighted by Crippen LogP contribution is -2.25. The summed E-state index contributed by atoms with van der Waals surface area (Å²) in [6.45, 7) is 2.58. The van der Waals surface area contributed by atoms with E-state index < -0.39 is 0 Å². The van der Waals surface area contributed by atoms with E-state index >= 15 is 0 Å². The zero-order chi connectivity index (χ0) is 14.5. The number of hydrogen-bond acceptors (Lipinski definition) is 4. The van der Waals surface area contributed by atoms with Crippen LogP contribution in [0.1, 0.15) is 28.0 Å². The predicted molar refractivity (Wildman–Crippen MR) is 79.2 cm³/mol. The molecule has 0 spiro atoms. The molecule has 0 atom stereocenters. The number of aromatic amines is 1. The summed E-state index contributed by atoms with van der Waals surface area (Å²) in [6.07, 6.45) is 3.54. The lowest BCUT2D eigenvalue weighted by atomic mass is 10.1. The number of carbonyl (C=O) groups excluding carboxylic acids is 1. The van der Waals surface area contributed by atoms with Gasteiger partial charge in [-0.1, -0.05) is 0 Å². The van der Waals surface area contributed by atoms with Crippen molar-refractivity contribution in [3.63, 3.8) is 0 Å². The van der Waals surface area contributed by atoms with E-state index in [-0.39, 0.29) is 5.91 Å². The van der Waals surface area contributed by atoms with Crippen LogP contribution >= 0.6 is 0 Å². The Morgan fingerprint density at radius 2 is 2.00 bits per heavy atom. The monoisotopic (exact) mass is 273 g/mol. The van der Waals surface area contributed by atoms with Crippen LogP contribution in [0.2, 0.25) is 0 Å². The van der Waals surface area contributed by atoms with Crippen molar-refractivity contribution in [2.24, 2.45) is 0 Å². The summed E-state index contributed by atoms with van der Waals surface area (Å²) in [5.41, 5.74) is 15.0. The van der Waals surface area contributed by atoms with Crippen LogP contribution in [0.15, 0.2) is 24.4 Å². The van der Waals surface area contributed by atoms with Crippen molar-refractivity contribution in [3.05, 3.63) is 41.2 Å². The lowest BCUT2D eigenvalue weighted by Gasteiger charge is -2.07. The average molecular weight is 273 g/mol. The van der Waals surface area contributed by atoms with Gasteiger partial charge in [0, 0.05) is 29.2 Å². The van der Waals surface area contributed by atoms with Crippen LogP contribution in [-0.4, -0.2) is 22.6 Å². The molecule has 0 aliphatic heterocycles. The molecule has 20 heavy (non-hydrogen) atoms. The zero-order valence-corrected chi connectivity index (χ0v) is 11.4. The van der Waals surface area contributed by atoms with Gasteiger partial charge < -0.3 is 16.8 Å². The highest BCUT2D eigenvalue weighted by Gasteiger charge is 2.07. The van der Waals surface area contributed by atoms with Gasteiger partial charge in [-0.05, 0) is 43.5 Å². The summed E-state index contributed by atoms with van der Waals surface area (Å²) in [6, 6.07) is 4.86. The summed E-state index contributed by atoms with van der Waals surface area (Å²) in [7, 11) is 0. The first-order valence-electron chi connectivity index (χ1n) is 6.49. The number of rotatable bonds is 5. The second-order valence-corrected chi connectivity index (χ2v) is 4.77. The van der Waals surface area contributed by atoms with Gasteiger partial charge >= 0.3 is 0 Å². The summed E-state index contributed by atoms with van der Waals surface area (Å²) >= 11 is 0. The predicted octanol–water partition coefficient (Wildman–Crippen LogP) is 1.25. The topological polar surface area (TPSA) is 110 Å². The standard InChI is InChI=1S/C14H19N5O/c1-9-10(8-18-19-9)3-2-4-17-14(20)11-5-12(15)7-13(16)6-11/h5-8H,2-4,15-16H2,1H3,(H,17,20)(H,18,19). The Morgan fingerprint density at radius 1 is 1.30 bits per heavy atom. The van der Waals surface area contributed by atoms with Gasteiger partial charge in [0.25, 0.3) is 5.91 Å². The number of H-pyrrole nitrogens is 1. The number of nitrogens with two attached hydrogens (primary N) is 2. The summed E-state index contributed by atoms with van der Waals surface area (Å²) in [5.74, 6) is -0.159. The van der Waals surface area contributed by atoms with Gasteiger partial charge in [-0.2, -0.15) is 5.10 Å². The fourth-order valence-corrected chi connectivity index (χ4v) is 2.02. The highest BCUT2D eigenvalue weighted by atomic mass is 16.1. The Balaban J connectivity index is 1.82. The lowest BCUT2D eigenvalue weighted by molar-refractivity contribution is 0.0953. The van der Waals surface area contributed by atoms with Crippen molar-refractivity contribution in [3.8, 4) is 0 Å². The van der Waals surface area contributed by atoms with Gasteiger partial charge in [0.05, 0.1) is 6.20 Å². The van der Waals surface area contributed by atoms with Crippen molar-refractivity contribution in [2.75, 3.05) is 18.0 Å². The molecule has 0 radical (unpaired) electrons. The van der Waals surface area contributed by atoms with Crippen molar-refractivity contribution in [1.82, 2.24) is 15.5 Å². The number of aromatic nitrogens is 2. The molecule has 1 aromatic heterocycles. The van der Waals surface area contributed by atoms with Crippen LogP contribution in [0.4, 0.5) is 11.4 Å². The largest absolute Gasteiger partial charge is 0.399 e. The van der Waals surface area contributed by atoms with Gasteiger partial charge in [0.15, 0.2) is 0 Å². The summed E-state index contributed by atoms with van der Waals surface area (Å²) in [4.78, 5) is 11.9. The SMILES string of the molecule is Cc1[nH]ncc1CCCNC(=O)c1cc(N)cc(N)c1. The molecule has 6 nitrogen and oxygen atoms in total. The number of carbonyl (C=O) groups is 1. The Morgan fingerprint density at radius 3 is 2.60 bits per heavy atom. The molecule has 6 N–H and O–H groups in total. The van der Waals surface area contributed by atoms with Crippen LogP contribution in [-0.2, 0) is 6.42 Å². The smallest absolute Gasteiger partial charge is 0.251 e. The quantitative estimate of drug-likeness (QED) is 0.485. The third-order valence-electron chi connectivity index (χ3n) is 3.08. The van der Waals surface area contributed by atoms with Crippen molar-refractivity contribution in [1.29, 1.82) is 0 Å². The molecule has 106 valence electrons. The van der Waals surface area contributed by atoms with Gasteiger partial charge in [-0.25, -0.2) is 0 Å². The second-order valence-electron chi connectivity index (χ2n) is 4.77. The molecule has 0 fully saturated rings. The van der Waals surface area contributed by atoms with Crippen LogP contribution in [0, 0.1) is 6.92 Å². The minimum absolute atomic E-state index is 0.159. The molecular weight excluding hydrogens is 254 g/mol. The molecule has 2 rings (SSSR count). The van der Waals surface area contributed by atoms with Crippen LogP contribution < -0.4 is 16.8 Å². The Hall–Kier alpha value is -2.50. The summed E-state index contributed by atoms with van der Waals surface area (Å²) in [5, 5.41) is 9.71. The fraction of sp³-hybridized carbons (Fsp3) is 0.286. The number of hydrogen-bond donors (Lipinski definition) is 4. The minimum Gasteiger partial charge on any atom is -0.399 e. The number of nitrogen functional groups attached to an aromatic ring is 2. The minimum atomic E-state index is -0.159. The normalized spacial score (nSPS) is 10.4. The molecule has 1 aromatic carbocycles. The Kier molecular flexibility index (Phi) is 4.24. The van der Waals surface area contributed by atoms with Gasteiger partial charge in [0.2, 0.25) is 0 Å². The van der Waals surface area contributed by atoms with Crippen molar-refractivity contribution < 1.29 is 4.79 Å². The first-order valence-corrected chi connectivity index (χ1v) is 6.49. The molecule has 1 heterocycles. The Labute approximate surface area is 117 Å². The first kappa shape index (κ1) is 13.9. The number of aryl methyl sites for hydroxylation is 2. The maximum Gasteiger partial charge on any atom is 0.251 e. The number of anilines is 2. The van der Waals surface area contributed by atoms with E-state index in [0.29, 0.717) is 23.5 Å². The zero-order valence-electron chi connectivity index (χ0n) is 11.4. The van der Waals surface area contributed by atoms with Crippen LogP contribution in [0.5, 0.6) is 0 Å². The van der Waals surface area contributed by atoms with Crippen LogP contribution in [0.25, 0.3) is 0 Å². The summed E-state index contributed by atoms with van der Waals surface area (Å²) < 4.78 is 0.